The minimum atomic E-state index is -1.02. The van der Waals surface area contributed by atoms with Crippen molar-refractivity contribution in [3.05, 3.63) is 28.0 Å². The molecule has 1 aromatic heterocycles. The molecule has 0 aliphatic rings. The summed E-state index contributed by atoms with van der Waals surface area (Å²) in [6.07, 6.45) is 3.06. The van der Waals surface area contributed by atoms with Crippen LogP contribution in [-0.4, -0.2) is 46.2 Å². The van der Waals surface area contributed by atoms with Gasteiger partial charge in [-0.05, 0) is 38.5 Å². The Morgan fingerprint density at radius 3 is 2.65 bits per heavy atom. The molecule has 20 heavy (non-hydrogen) atoms. The molecule has 0 unspecified atom stereocenters. The highest BCUT2D eigenvalue weighted by Crippen LogP contribution is 2.20. The van der Waals surface area contributed by atoms with E-state index in [-0.39, 0.29) is 18.6 Å². The summed E-state index contributed by atoms with van der Waals surface area (Å²) >= 11 is 1.26. The SMILES string of the molecule is CC(C)N(CCCO)C(=O)c1ccc(C=CC(=O)O)s1. The zero-order chi connectivity index (χ0) is 15.1. The molecular weight excluding hydrogens is 278 g/mol. The minimum Gasteiger partial charge on any atom is -0.478 e. The monoisotopic (exact) mass is 297 g/mol. The Bertz CT molecular complexity index is 493. The number of carboxylic acid groups (broad SMARTS) is 1. The lowest BCUT2D eigenvalue weighted by atomic mass is 10.2. The van der Waals surface area contributed by atoms with E-state index in [2.05, 4.69) is 0 Å². The maximum atomic E-state index is 12.4. The summed E-state index contributed by atoms with van der Waals surface area (Å²) in [5.41, 5.74) is 0. The number of hydrogen-bond donors (Lipinski definition) is 2. The Morgan fingerprint density at radius 1 is 1.40 bits per heavy atom. The molecule has 0 spiro atoms. The second-order valence-corrected chi connectivity index (χ2v) is 5.66. The van der Waals surface area contributed by atoms with Crippen molar-refractivity contribution in [3.63, 3.8) is 0 Å². The third-order valence-electron chi connectivity index (χ3n) is 2.67. The van der Waals surface area contributed by atoms with Crippen LogP contribution in [0.15, 0.2) is 18.2 Å². The minimum absolute atomic E-state index is 0.0491. The Morgan fingerprint density at radius 2 is 2.10 bits per heavy atom. The second kappa shape index (κ2) is 7.81. The van der Waals surface area contributed by atoms with Gasteiger partial charge in [-0.25, -0.2) is 4.79 Å². The van der Waals surface area contributed by atoms with Crippen LogP contribution in [0.3, 0.4) is 0 Å². The molecule has 1 rings (SSSR count). The summed E-state index contributed by atoms with van der Waals surface area (Å²) in [5, 5.41) is 17.4. The predicted octanol–water partition coefficient (Wildman–Crippen LogP) is 2.08. The molecule has 5 nitrogen and oxygen atoms in total. The van der Waals surface area contributed by atoms with Gasteiger partial charge < -0.3 is 15.1 Å². The Kier molecular flexibility index (Phi) is 6.41. The molecule has 6 heteroatoms. The number of carboxylic acids is 1. The van der Waals surface area contributed by atoms with Gasteiger partial charge in [-0.15, -0.1) is 11.3 Å². The fourth-order valence-electron chi connectivity index (χ4n) is 1.69. The van der Waals surface area contributed by atoms with Crippen molar-refractivity contribution in [3.8, 4) is 0 Å². The standard InChI is InChI=1S/C14H19NO4S/c1-10(2)15(8-3-9-16)14(19)12-6-4-11(20-12)5-7-13(17)18/h4-7,10,16H,3,8-9H2,1-2H3,(H,17,18). The van der Waals surface area contributed by atoms with Gasteiger partial charge in [0.1, 0.15) is 0 Å². The van der Waals surface area contributed by atoms with E-state index < -0.39 is 5.97 Å². The molecule has 2 N–H and O–H groups in total. The average molecular weight is 297 g/mol. The molecular formula is C14H19NO4S. The second-order valence-electron chi connectivity index (χ2n) is 4.54. The van der Waals surface area contributed by atoms with E-state index >= 15 is 0 Å². The number of aliphatic hydroxyl groups is 1. The number of hydrogen-bond acceptors (Lipinski definition) is 4. The zero-order valence-corrected chi connectivity index (χ0v) is 12.4. The van der Waals surface area contributed by atoms with Gasteiger partial charge in [-0.1, -0.05) is 0 Å². The molecule has 0 fully saturated rings. The first-order chi connectivity index (χ1) is 9.45. The Balaban J connectivity index is 2.82. The lowest BCUT2D eigenvalue weighted by Gasteiger charge is -2.25. The van der Waals surface area contributed by atoms with Crippen molar-refractivity contribution in [2.75, 3.05) is 13.2 Å². The maximum absolute atomic E-state index is 12.4. The van der Waals surface area contributed by atoms with Crippen molar-refractivity contribution >= 4 is 29.3 Å². The Labute approximate surface area is 122 Å². The largest absolute Gasteiger partial charge is 0.478 e. The van der Waals surface area contributed by atoms with E-state index in [0.717, 1.165) is 11.0 Å². The molecule has 0 bridgehead atoms. The van der Waals surface area contributed by atoms with Gasteiger partial charge in [0, 0.05) is 30.1 Å². The van der Waals surface area contributed by atoms with Gasteiger partial charge in [0.05, 0.1) is 4.88 Å². The van der Waals surface area contributed by atoms with Crippen LogP contribution in [0.1, 0.15) is 34.8 Å². The number of rotatable bonds is 7. The van der Waals surface area contributed by atoms with Crippen LogP contribution in [0.2, 0.25) is 0 Å². The summed E-state index contributed by atoms with van der Waals surface area (Å²) in [5.74, 6) is -1.11. The zero-order valence-electron chi connectivity index (χ0n) is 11.6. The molecule has 0 aromatic carbocycles. The van der Waals surface area contributed by atoms with E-state index in [9.17, 15) is 9.59 Å². The van der Waals surface area contributed by atoms with E-state index in [1.165, 1.54) is 17.4 Å². The fraction of sp³-hybridized carbons (Fsp3) is 0.429. The summed E-state index contributed by atoms with van der Waals surface area (Å²) in [6.45, 7) is 4.40. The average Bonchev–Trinajstić information content (AvgIpc) is 2.85. The van der Waals surface area contributed by atoms with Crippen LogP contribution in [0.4, 0.5) is 0 Å². The van der Waals surface area contributed by atoms with Crippen molar-refractivity contribution in [2.24, 2.45) is 0 Å². The van der Waals surface area contributed by atoms with E-state index in [0.29, 0.717) is 17.8 Å². The van der Waals surface area contributed by atoms with Crippen LogP contribution >= 0.6 is 11.3 Å². The molecule has 0 saturated heterocycles. The number of nitrogens with zero attached hydrogens (tertiary/aromatic N) is 1. The van der Waals surface area contributed by atoms with Gasteiger partial charge in [0.15, 0.2) is 0 Å². The maximum Gasteiger partial charge on any atom is 0.328 e. The van der Waals surface area contributed by atoms with Gasteiger partial charge in [0.25, 0.3) is 5.91 Å². The van der Waals surface area contributed by atoms with E-state index in [4.69, 9.17) is 10.2 Å². The molecule has 0 atom stereocenters. The van der Waals surface area contributed by atoms with Gasteiger partial charge in [-0.2, -0.15) is 0 Å². The summed E-state index contributed by atoms with van der Waals surface area (Å²) in [4.78, 5) is 25.8. The lowest BCUT2D eigenvalue weighted by molar-refractivity contribution is -0.131. The first-order valence-electron chi connectivity index (χ1n) is 6.38. The smallest absolute Gasteiger partial charge is 0.328 e. The van der Waals surface area contributed by atoms with Crippen LogP contribution in [0, 0.1) is 0 Å². The normalized spacial score (nSPS) is 11.2. The predicted molar refractivity (Wildman–Crippen MR) is 78.9 cm³/mol. The molecule has 1 aromatic rings. The molecule has 0 aliphatic heterocycles. The number of aliphatic hydroxyl groups excluding tert-OH is 1. The van der Waals surface area contributed by atoms with Crippen molar-refractivity contribution < 1.29 is 19.8 Å². The third-order valence-corrected chi connectivity index (χ3v) is 3.71. The number of carbonyl (C=O) groups is 2. The van der Waals surface area contributed by atoms with Gasteiger partial charge >= 0.3 is 5.97 Å². The van der Waals surface area contributed by atoms with Crippen LogP contribution in [0.25, 0.3) is 6.08 Å². The van der Waals surface area contributed by atoms with E-state index in [1.807, 2.05) is 13.8 Å². The summed E-state index contributed by atoms with van der Waals surface area (Å²) in [7, 11) is 0. The highest BCUT2D eigenvalue weighted by Gasteiger charge is 2.19. The fourth-order valence-corrected chi connectivity index (χ4v) is 2.55. The quantitative estimate of drug-likeness (QED) is 0.755. The summed E-state index contributed by atoms with van der Waals surface area (Å²) in [6, 6.07) is 3.47. The van der Waals surface area contributed by atoms with Gasteiger partial charge in [0.2, 0.25) is 0 Å². The number of carbonyl (C=O) groups excluding carboxylic acids is 1. The highest BCUT2D eigenvalue weighted by molar-refractivity contribution is 7.14. The Hall–Kier alpha value is -1.66. The first kappa shape index (κ1) is 16.4. The van der Waals surface area contributed by atoms with Gasteiger partial charge in [-0.3, -0.25) is 4.79 Å². The number of thiophene rings is 1. The van der Waals surface area contributed by atoms with Crippen molar-refractivity contribution in [1.29, 1.82) is 0 Å². The molecule has 1 heterocycles. The highest BCUT2D eigenvalue weighted by atomic mass is 32.1. The lowest BCUT2D eigenvalue weighted by Crippen LogP contribution is -2.37. The van der Waals surface area contributed by atoms with Crippen molar-refractivity contribution in [1.82, 2.24) is 4.90 Å². The molecule has 110 valence electrons. The van der Waals surface area contributed by atoms with Crippen molar-refractivity contribution in [2.45, 2.75) is 26.3 Å². The van der Waals surface area contributed by atoms with E-state index in [1.54, 1.807) is 17.0 Å². The third kappa shape index (κ3) is 4.79. The summed E-state index contributed by atoms with van der Waals surface area (Å²) < 4.78 is 0. The molecule has 1 amide bonds. The number of aliphatic carboxylic acids is 1. The molecule has 0 saturated carbocycles. The van der Waals surface area contributed by atoms with Crippen LogP contribution in [0.5, 0.6) is 0 Å². The molecule has 0 aliphatic carbocycles. The number of amides is 1. The van der Waals surface area contributed by atoms with Crippen LogP contribution in [-0.2, 0) is 4.79 Å². The molecule has 0 radical (unpaired) electrons. The van der Waals surface area contributed by atoms with Crippen LogP contribution < -0.4 is 0 Å². The topological polar surface area (TPSA) is 77.8 Å². The first-order valence-corrected chi connectivity index (χ1v) is 7.20.